The van der Waals surface area contributed by atoms with Crippen molar-refractivity contribution in [2.24, 2.45) is 5.41 Å². The maximum Gasteiger partial charge on any atom is 0.00861 e. The molecule has 92 valence electrons. The lowest BCUT2D eigenvalue weighted by Gasteiger charge is -2.18. The molecule has 1 aromatic carbocycles. The zero-order valence-electron chi connectivity index (χ0n) is 11.4. The van der Waals surface area contributed by atoms with Crippen molar-refractivity contribution in [3.05, 3.63) is 35.4 Å². The van der Waals surface area contributed by atoms with Gasteiger partial charge in [-0.15, -0.1) is 12.3 Å². The molecule has 0 aliphatic carbocycles. The van der Waals surface area contributed by atoms with Gasteiger partial charge in [-0.25, -0.2) is 0 Å². The van der Waals surface area contributed by atoms with E-state index in [9.17, 15) is 0 Å². The Morgan fingerprint density at radius 3 is 2.12 bits per heavy atom. The van der Waals surface area contributed by atoms with Crippen molar-refractivity contribution in [1.29, 1.82) is 0 Å². The van der Waals surface area contributed by atoms with Crippen molar-refractivity contribution in [2.75, 3.05) is 0 Å². The van der Waals surface area contributed by atoms with Crippen LogP contribution >= 0.6 is 0 Å². The SMILES string of the molecule is C#CCCCCc1ccc(CC(C)(C)C)cc1. The van der Waals surface area contributed by atoms with Crippen LogP contribution < -0.4 is 0 Å². The van der Waals surface area contributed by atoms with Crippen molar-refractivity contribution >= 4 is 0 Å². The molecule has 0 unspecified atom stereocenters. The van der Waals surface area contributed by atoms with E-state index in [4.69, 9.17) is 6.42 Å². The predicted octanol–water partition coefficient (Wildman–Crippen LogP) is 4.62. The van der Waals surface area contributed by atoms with Gasteiger partial charge in [0.05, 0.1) is 0 Å². The highest BCUT2D eigenvalue weighted by Crippen LogP contribution is 2.21. The third-order valence-corrected chi connectivity index (χ3v) is 2.79. The Morgan fingerprint density at radius 2 is 1.59 bits per heavy atom. The molecule has 0 saturated heterocycles. The summed E-state index contributed by atoms with van der Waals surface area (Å²) in [6.45, 7) is 6.84. The fourth-order valence-corrected chi connectivity index (χ4v) is 1.99. The van der Waals surface area contributed by atoms with Gasteiger partial charge < -0.3 is 0 Å². The second-order valence-electron chi connectivity index (χ2n) is 5.97. The van der Waals surface area contributed by atoms with Crippen LogP contribution in [0.3, 0.4) is 0 Å². The lowest BCUT2D eigenvalue weighted by molar-refractivity contribution is 0.411. The van der Waals surface area contributed by atoms with Crippen molar-refractivity contribution in [3.8, 4) is 12.3 Å². The molecule has 0 fully saturated rings. The Morgan fingerprint density at radius 1 is 1.00 bits per heavy atom. The molecule has 0 amide bonds. The summed E-state index contributed by atoms with van der Waals surface area (Å²) < 4.78 is 0. The summed E-state index contributed by atoms with van der Waals surface area (Å²) in [5.74, 6) is 2.69. The quantitative estimate of drug-likeness (QED) is 0.509. The van der Waals surface area contributed by atoms with E-state index in [1.165, 1.54) is 17.5 Å². The van der Waals surface area contributed by atoms with Gasteiger partial charge in [0, 0.05) is 6.42 Å². The Hall–Kier alpha value is -1.22. The first-order valence-electron chi connectivity index (χ1n) is 6.52. The number of terminal acetylenes is 1. The average Bonchev–Trinajstić information content (AvgIpc) is 2.25. The van der Waals surface area contributed by atoms with Gasteiger partial charge in [0.1, 0.15) is 0 Å². The molecule has 0 atom stereocenters. The maximum absolute atomic E-state index is 5.24. The second kappa shape index (κ2) is 6.50. The van der Waals surface area contributed by atoms with Gasteiger partial charge >= 0.3 is 0 Å². The Labute approximate surface area is 106 Å². The summed E-state index contributed by atoms with van der Waals surface area (Å²) in [6, 6.07) is 9.05. The molecule has 0 heteroatoms. The Kier molecular flexibility index (Phi) is 5.29. The molecule has 17 heavy (non-hydrogen) atoms. The van der Waals surface area contributed by atoms with E-state index in [0.29, 0.717) is 5.41 Å². The lowest BCUT2D eigenvalue weighted by Crippen LogP contribution is -2.08. The number of rotatable bonds is 5. The molecule has 1 rings (SSSR count). The van der Waals surface area contributed by atoms with Gasteiger partial charge in [0.25, 0.3) is 0 Å². The fraction of sp³-hybridized carbons (Fsp3) is 0.529. The van der Waals surface area contributed by atoms with Gasteiger partial charge in [-0.2, -0.15) is 0 Å². The predicted molar refractivity (Wildman–Crippen MR) is 76.0 cm³/mol. The van der Waals surface area contributed by atoms with Gasteiger partial charge in [-0.05, 0) is 42.2 Å². The highest BCUT2D eigenvalue weighted by atomic mass is 14.2. The highest BCUT2D eigenvalue weighted by molar-refractivity contribution is 5.23. The van der Waals surface area contributed by atoms with E-state index in [1.54, 1.807) is 0 Å². The van der Waals surface area contributed by atoms with E-state index in [-0.39, 0.29) is 0 Å². The minimum absolute atomic E-state index is 0.369. The van der Waals surface area contributed by atoms with Crippen molar-refractivity contribution in [1.82, 2.24) is 0 Å². The maximum atomic E-state index is 5.24. The summed E-state index contributed by atoms with van der Waals surface area (Å²) >= 11 is 0. The molecule has 0 nitrogen and oxygen atoms in total. The summed E-state index contributed by atoms with van der Waals surface area (Å²) in [4.78, 5) is 0. The first-order chi connectivity index (χ1) is 8.01. The van der Waals surface area contributed by atoms with Crippen LogP contribution in [-0.4, -0.2) is 0 Å². The third kappa shape index (κ3) is 6.17. The van der Waals surface area contributed by atoms with Crippen LogP contribution in [0, 0.1) is 17.8 Å². The van der Waals surface area contributed by atoms with Crippen LogP contribution in [-0.2, 0) is 12.8 Å². The van der Waals surface area contributed by atoms with Crippen LogP contribution in [0.25, 0.3) is 0 Å². The minimum atomic E-state index is 0.369. The highest BCUT2D eigenvalue weighted by Gasteiger charge is 2.10. The first kappa shape index (κ1) is 13.8. The van der Waals surface area contributed by atoms with Crippen molar-refractivity contribution in [2.45, 2.75) is 52.9 Å². The smallest absolute Gasteiger partial charge is 0.00861 e. The second-order valence-corrected chi connectivity index (χ2v) is 5.97. The molecule has 1 aromatic rings. The van der Waals surface area contributed by atoms with Crippen molar-refractivity contribution in [3.63, 3.8) is 0 Å². The summed E-state index contributed by atoms with van der Waals surface area (Å²) in [6.07, 6.45) is 10.8. The van der Waals surface area contributed by atoms with E-state index in [1.807, 2.05) is 0 Å². The molecular formula is C17H24. The Bertz CT molecular complexity index is 357. The van der Waals surface area contributed by atoms with Crippen molar-refractivity contribution < 1.29 is 0 Å². The van der Waals surface area contributed by atoms with Gasteiger partial charge in [-0.3, -0.25) is 0 Å². The molecule has 0 aromatic heterocycles. The molecule has 0 aliphatic heterocycles. The molecule has 0 spiro atoms. The largest absolute Gasteiger partial charge is 0.120 e. The number of benzene rings is 1. The van der Waals surface area contributed by atoms with E-state index in [0.717, 1.165) is 25.7 Å². The standard InChI is InChI=1S/C17H24/c1-5-6-7-8-9-15-10-12-16(13-11-15)14-17(2,3)4/h1,10-13H,6-9,14H2,2-4H3. The van der Waals surface area contributed by atoms with Gasteiger partial charge in [0.2, 0.25) is 0 Å². The van der Waals surface area contributed by atoms with E-state index < -0.39 is 0 Å². The van der Waals surface area contributed by atoms with Gasteiger partial charge in [0.15, 0.2) is 0 Å². The summed E-state index contributed by atoms with van der Waals surface area (Å²) in [7, 11) is 0. The van der Waals surface area contributed by atoms with Crippen LogP contribution in [0.2, 0.25) is 0 Å². The van der Waals surface area contributed by atoms with Crippen LogP contribution in [0.1, 0.15) is 51.2 Å². The molecule has 0 aliphatic rings. The van der Waals surface area contributed by atoms with E-state index >= 15 is 0 Å². The normalized spacial score (nSPS) is 11.2. The topological polar surface area (TPSA) is 0 Å². The first-order valence-corrected chi connectivity index (χ1v) is 6.52. The molecule has 0 saturated carbocycles. The number of hydrogen-bond acceptors (Lipinski definition) is 0. The number of hydrogen-bond donors (Lipinski definition) is 0. The lowest BCUT2D eigenvalue weighted by atomic mass is 9.88. The fourth-order valence-electron chi connectivity index (χ4n) is 1.99. The summed E-state index contributed by atoms with van der Waals surface area (Å²) in [5.41, 5.74) is 3.23. The zero-order valence-corrected chi connectivity index (χ0v) is 11.4. The zero-order chi connectivity index (χ0) is 12.7. The molecule has 0 radical (unpaired) electrons. The number of unbranched alkanes of at least 4 members (excludes halogenated alkanes) is 2. The van der Waals surface area contributed by atoms with Crippen LogP contribution in [0.15, 0.2) is 24.3 Å². The Balaban J connectivity index is 2.43. The third-order valence-electron chi connectivity index (χ3n) is 2.79. The molecule has 0 N–H and O–H groups in total. The summed E-state index contributed by atoms with van der Waals surface area (Å²) in [5, 5.41) is 0. The molecule has 0 heterocycles. The van der Waals surface area contributed by atoms with Crippen LogP contribution in [0.5, 0.6) is 0 Å². The average molecular weight is 228 g/mol. The number of aryl methyl sites for hydroxylation is 1. The van der Waals surface area contributed by atoms with Gasteiger partial charge in [-0.1, -0.05) is 45.0 Å². The monoisotopic (exact) mass is 228 g/mol. The van der Waals surface area contributed by atoms with Crippen LogP contribution in [0.4, 0.5) is 0 Å². The van der Waals surface area contributed by atoms with E-state index in [2.05, 4.69) is 51.0 Å². The molecule has 0 bridgehead atoms. The minimum Gasteiger partial charge on any atom is -0.120 e. The molecular weight excluding hydrogens is 204 g/mol.